The molecule has 2 rings (SSSR count). The molecule has 0 atom stereocenters. The van der Waals surface area contributed by atoms with Crippen molar-refractivity contribution in [3.63, 3.8) is 0 Å². The topological polar surface area (TPSA) is 29.1 Å². The maximum atomic E-state index is 12.8. The summed E-state index contributed by atoms with van der Waals surface area (Å²) >= 11 is 1.62. The van der Waals surface area contributed by atoms with Gasteiger partial charge in [0.25, 0.3) is 0 Å². The van der Waals surface area contributed by atoms with E-state index in [2.05, 4.69) is 37.4 Å². The van der Waals surface area contributed by atoms with Gasteiger partial charge >= 0.3 is 0 Å². The molecule has 0 unspecified atom stereocenters. The molecule has 23 heavy (non-hydrogen) atoms. The number of nitrogens with one attached hydrogen (secondary N) is 1. The van der Waals surface area contributed by atoms with Crippen molar-refractivity contribution in [3.05, 3.63) is 70.5 Å². The summed E-state index contributed by atoms with van der Waals surface area (Å²) in [5.41, 5.74) is 4.82. The zero-order valence-corrected chi connectivity index (χ0v) is 14.4. The lowest BCUT2D eigenvalue weighted by Crippen LogP contribution is -2.27. The smallest absolute Gasteiger partial charge is 0.230 e. The average Bonchev–Trinajstić information content (AvgIpc) is 2.53. The predicted octanol–water partition coefficient (Wildman–Crippen LogP) is 4.03. The second kappa shape index (κ2) is 8.73. The first-order chi connectivity index (χ1) is 11.0. The third kappa shape index (κ3) is 6.06. The Morgan fingerprint density at radius 3 is 2.61 bits per heavy atom. The molecule has 1 amide bonds. The summed E-state index contributed by atoms with van der Waals surface area (Å²) < 4.78 is 12.8. The SMILES string of the molecule is Cc1ccc(C)c(CSCC(=O)NCCc2ccc(F)cc2)c1. The Kier molecular flexibility index (Phi) is 6.66. The number of benzene rings is 2. The van der Waals surface area contributed by atoms with Gasteiger partial charge in [0, 0.05) is 12.3 Å². The Balaban J connectivity index is 1.67. The van der Waals surface area contributed by atoms with Gasteiger partial charge in [-0.05, 0) is 49.1 Å². The van der Waals surface area contributed by atoms with Gasteiger partial charge in [0.2, 0.25) is 5.91 Å². The summed E-state index contributed by atoms with van der Waals surface area (Å²) in [6, 6.07) is 12.8. The number of carbonyl (C=O) groups is 1. The van der Waals surface area contributed by atoms with Crippen molar-refractivity contribution in [2.24, 2.45) is 0 Å². The van der Waals surface area contributed by atoms with E-state index in [1.165, 1.54) is 28.8 Å². The number of halogens is 1. The van der Waals surface area contributed by atoms with Gasteiger partial charge in [0.1, 0.15) is 5.82 Å². The van der Waals surface area contributed by atoms with Crippen molar-refractivity contribution in [1.29, 1.82) is 0 Å². The molecule has 2 aromatic carbocycles. The van der Waals surface area contributed by atoms with Crippen molar-refractivity contribution in [2.45, 2.75) is 26.0 Å². The summed E-state index contributed by atoms with van der Waals surface area (Å²) in [5, 5.41) is 2.90. The van der Waals surface area contributed by atoms with Gasteiger partial charge in [0.05, 0.1) is 5.75 Å². The van der Waals surface area contributed by atoms with Crippen LogP contribution in [0.15, 0.2) is 42.5 Å². The number of thioether (sulfide) groups is 1. The number of hydrogen-bond donors (Lipinski definition) is 1. The third-order valence-corrected chi connectivity index (χ3v) is 4.63. The minimum absolute atomic E-state index is 0.0439. The molecule has 0 spiro atoms. The van der Waals surface area contributed by atoms with E-state index in [4.69, 9.17) is 0 Å². The summed E-state index contributed by atoms with van der Waals surface area (Å²) in [7, 11) is 0. The molecule has 122 valence electrons. The first kappa shape index (κ1) is 17.5. The van der Waals surface area contributed by atoms with Crippen molar-refractivity contribution < 1.29 is 9.18 Å². The minimum Gasteiger partial charge on any atom is -0.355 e. The molecule has 1 N–H and O–H groups in total. The lowest BCUT2D eigenvalue weighted by atomic mass is 10.1. The Hall–Kier alpha value is -1.81. The molecule has 0 aliphatic heterocycles. The van der Waals surface area contributed by atoms with Crippen molar-refractivity contribution in [1.82, 2.24) is 5.32 Å². The minimum atomic E-state index is -0.236. The highest BCUT2D eigenvalue weighted by molar-refractivity contribution is 7.99. The van der Waals surface area contributed by atoms with E-state index < -0.39 is 0 Å². The molecule has 0 saturated carbocycles. The largest absolute Gasteiger partial charge is 0.355 e. The quantitative estimate of drug-likeness (QED) is 0.830. The molecular weight excluding hydrogens is 309 g/mol. The molecule has 0 fully saturated rings. The predicted molar refractivity (Wildman–Crippen MR) is 95.2 cm³/mol. The fraction of sp³-hybridized carbons (Fsp3) is 0.316. The fourth-order valence-electron chi connectivity index (χ4n) is 2.26. The van der Waals surface area contributed by atoms with Crippen LogP contribution in [0.3, 0.4) is 0 Å². The van der Waals surface area contributed by atoms with Gasteiger partial charge < -0.3 is 5.32 Å². The van der Waals surface area contributed by atoms with Crippen LogP contribution in [0.25, 0.3) is 0 Å². The van der Waals surface area contributed by atoms with Crippen LogP contribution in [0, 0.1) is 19.7 Å². The molecule has 0 saturated heterocycles. The summed E-state index contributed by atoms with van der Waals surface area (Å²) in [6.45, 7) is 4.75. The maximum Gasteiger partial charge on any atom is 0.230 e. The van der Waals surface area contributed by atoms with Crippen molar-refractivity contribution in [3.8, 4) is 0 Å². The van der Waals surface area contributed by atoms with E-state index in [1.54, 1.807) is 23.9 Å². The summed E-state index contributed by atoms with van der Waals surface area (Å²) in [5.74, 6) is 1.11. The molecule has 0 aromatic heterocycles. The molecule has 2 nitrogen and oxygen atoms in total. The van der Waals surface area contributed by atoms with E-state index >= 15 is 0 Å². The molecule has 0 heterocycles. The van der Waals surface area contributed by atoms with Gasteiger partial charge in [-0.2, -0.15) is 0 Å². The standard InChI is InChI=1S/C19H22FNOS/c1-14-3-4-15(2)17(11-14)12-23-13-19(22)21-10-9-16-5-7-18(20)8-6-16/h3-8,11H,9-10,12-13H2,1-2H3,(H,21,22). The van der Waals surface area contributed by atoms with E-state index in [-0.39, 0.29) is 11.7 Å². The number of rotatable bonds is 7. The van der Waals surface area contributed by atoms with Crippen LogP contribution >= 0.6 is 11.8 Å². The molecule has 4 heteroatoms. The van der Waals surface area contributed by atoms with Crippen LogP contribution in [0.5, 0.6) is 0 Å². The number of amides is 1. The van der Waals surface area contributed by atoms with E-state index in [0.29, 0.717) is 18.7 Å². The van der Waals surface area contributed by atoms with Crippen LogP contribution in [0.4, 0.5) is 4.39 Å². The zero-order valence-electron chi connectivity index (χ0n) is 13.6. The van der Waals surface area contributed by atoms with Crippen LogP contribution in [-0.2, 0) is 17.0 Å². The highest BCUT2D eigenvalue weighted by Gasteiger charge is 2.04. The molecular formula is C19H22FNOS. The normalized spacial score (nSPS) is 10.6. The van der Waals surface area contributed by atoms with Crippen LogP contribution in [0.2, 0.25) is 0 Å². The molecule has 0 radical (unpaired) electrons. The van der Waals surface area contributed by atoms with Gasteiger partial charge in [0.15, 0.2) is 0 Å². The van der Waals surface area contributed by atoms with Gasteiger partial charge in [-0.25, -0.2) is 4.39 Å². The molecule has 0 aliphatic carbocycles. The van der Waals surface area contributed by atoms with Crippen molar-refractivity contribution >= 4 is 17.7 Å². The fourth-order valence-corrected chi connectivity index (χ4v) is 3.18. The lowest BCUT2D eigenvalue weighted by Gasteiger charge is -2.08. The van der Waals surface area contributed by atoms with Gasteiger partial charge in [-0.1, -0.05) is 35.9 Å². The van der Waals surface area contributed by atoms with E-state index in [1.807, 2.05) is 0 Å². The first-order valence-corrected chi connectivity index (χ1v) is 8.85. The number of hydrogen-bond acceptors (Lipinski definition) is 2. The Morgan fingerprint density at radius 1 is 1.13 bits per heavy atom. The molecule has 2 aromatic rings. The number of carbonyl (C=O) groups excluding carboxylic acids is 1. The van der Waals surface area contributed by atoms with E-state index in [0.717, 1.165) is 11.3 Å². The Bertz CT molecular complexity index is 655. The second-order valence-electron chi connectivity index (χ2n) is 5.65. The van der Waals surface area contributed by atoms with Crippen LogP contribution in [0.1, 0.15) is 22.3 Å². The second-order valence-corrected chi connectivity index (χ2v) is 6.63. The third-order valence-electron chi connectivity index (χ3n) is 3.64. The van der Waals surface area contributed by atoms with Crippen LogP contribution < -0.4 is 5.32 Å². The average molecular weight is 331 g/mol. The summed E-state index contributed by atoms with van der Waals surface area (Å²) in [4.78, 5) is 11.8. The number of aryl methyl sites for hydroxylation is 2. The maximum absolute atomic E-state index is 12.8. The molecule has 0 aliphatic rings. The highest BCUT2D eigenvalue weighted by Crippen LogP contribution is 2.17. The Morgan fingerprint density at radius 2 is 1.87 bits per heavy atom. The summed E-state index contributed by atoms with van der Waals surface area (Å²) in [6.07, 6.45) is 0.716. The first-order valence-electron chi connectivity index (χ1n) is 7.69. The van der Waals surface area contributed by atoms with E-state index in [9.17, 15) is 9.18 Å². The zero-order chi connectivity index (χ0) is 16.7. The highest BCUT2D eigenvalue weighted by atomic mass is 32.2. The lowest BCUT2D eigenvalue weighted by molar-refractivity contribution is -0.118. The monoisotopic (exact) mass is 331 g/mol. The van der Waals surface area contributed by atoms with Crippen LogP contribution in [-0.4, -0.2) is 18.2 Å². The van der Waals surface area contributed by atoms with Gasteiger partial charge in [-0.3, -0.25) is 4.79 Å². The van der Waals surface area contributed by atoms with Gasteiger partial charge in [-0.15, -0.1) is 11.8 Å². The Labute approximate surface area is 141 Å². The molecule has 0 bridgehead atoms. The van der Waals surface area contributed by atoms with Crippen molar-refractivity contribution in [2.75, 3.05) is 12.3 Å².